The Balaban J connectivity index is 4.34. The van der Waals surface area contributed by atoms with E-state index in [0.717, 1.165) is 25.7 Å². The topological polar surface area (TPSA) is 108 Å². The van der Waals surface area contributed by atoms with Crippen LogP contribution < -0.4 is 0 Å². The van der Waals surface area contributed by atoms with Gasteiger partial charge in [-0.05, 0) is 19.3 Å². The largest absolute Gasteiger partial charge is 0.472 e. The first-order valence-electron chi connectivity index (χ1n) is 24.1. The van der Waals surface area contributed by atoms with Crippen LogP contribution in [0.5, 0.6) is 0 Å². The van der Waals surface area contributed by atoms with E-state index in [2.05, 4.69) is 13.8 Å². The highest BCUT2D eigenvalue weighted by Gasteiger charge is 2.27. The molecule has 9 nitrogen and oxygen atoms in total. The van der Waals surface area contributed by atoms with E-state index >= 15 is 0 Å². The molecule has 0 fully saturated rings. The summed E-state index contributed by atoms with van der Waals surface area (Å²) in [6.07, 6.45) is 45.7. The second-order valence-electron chi connectivity index (χ2n) is 17.6. The van der Waals surface area contributed by atoms with Crippen LogP contribution in [0.1, 0.15) is 219 Å². The van der Waals surface area contributed by atoms with Gasteiger partial charge in [-0.2, -0.15) is 0 Å². The average Bonchev–Trinajstić information content (AvgIpc) is 3.17. The second-order valence-corrected chi connectivity index (χ2v) is 19.0. The zero-order valence-corrected chi connectivity index (χ0v) is 39.4. The third-order valence-corrected chi connectivity index (χ3v) is 11.6. The highest BCUT2D eigenvalue weighted by molar-refractivity contribution is 7.47. The summed E-state index contributed by atoms with van der Waals surface area (Å²) in [7, 11) is 1.44. The number of carbonyl (C=O) groups is 2. The molecule has 0 aliphatic rings. The fourth-order valence-corrected chi connectivity index (χ4v) is 7.55. The van der Waals surface area contributed by atoms with Crippen molar-refractivity contribution in [1.29, 1.82) is 0 Å². The normalized spacial score (nSPS) is 13.7. The molecule has 0 rings (SSSR count). The molecule has 1 N–H and O–H groups in total. The Bertz CT molecular complexity index is 1040. The molecule has 0 aliphatic heterocycles. The molecule has 10 heteroatoms. The van der Waals surface area contributed by atoms with Crippen molar-refractivity contribution in [2.75, 3.05) is 47.5 Å². The SMILES string of the molecule is CCCCCCCCCCCCC/C=C/C=C/C(=O)OC[C@H](COP(=O)(O)OCC[N+](C)(C)C)OC(=O)CCCCCCCCCCCCCCCCCCCCC. The summed E-state index contributed by atoms with van der Waals surface area (Å²) < 4.78 is 34.2. The van der Waals surface area contributed by atoms with Crippen LogP contribution in [-0.2, 0) is 32.7 Å². The summed E-state index contributed by atoms with van der Waals surface area (Å²) in [6.45, 7) is 4.33. The number of nitrogens with zero attached hydrogens (tertiary/aromatic N) is 1. The Kier molecular flexibility index (Phi) is 39.8. The zero-order chi connectivity index (χ0) is 42.8. The van der Waals surface area contributed by atoms with E-state index < -0.39 is 32.5 Å². The minimum Gasteiger partial charge on any atom is -0.458 e. The van der Waals surface area contributed by atoms with Gasteiger partial charge in [-0.25, -0.2) is 9.36 Å². The molecule has 1 unspecified atom stereocenters. The lowest BCUT2D eigenvalue weighted by molar-refractivity contribution is -0.870. The van der Waals surface area contributed by atoms with Gasteiger partial charge in [-0.1, -0.05) is 212 Å². The third kappa shape index (κ3) is 44.1. The number of allylic oxidation sites excluding steroid dienone is 3. The molecule has 0 amide bonds. The molecule has 0 heterocycles. The smallest absolute Gasteiger partial charge is 0.458 e. The van der Waals surface area contributed by atoms with E-state index in [1.54, 1.807) is 6.08 Å². The van der Waals surface area contributed by atoms with Gasteiger partial charge in [0.2, 0.25) is 0 Å². The number of rotatable bonds is 44. The van der Waals surface area contributed by atoms with Crippen molar-refractivity contribution >= 4 is 19.8 Å². The van der Waals surface area contributed by atoms with Gasteiger partial charge in [0.25, 0.3) is 0 Å². The molecule has 0 aromatic heterocycles. The van der Waals surface area contributed by atoms with Crippen molar-refractivity contribution in [1.82, 2.24) is 0 Å². The lowest BCUT2D eigenvalue weighted by atomic mass is 10.0. The van der Waals surface area contributed by atoms with Crippen molar-refractivity contribution in [2.45, 2.75) is 225 Å². The number of likely N-dealkylation sites (N-methyl/N-ethyl adjacent to an activating group) is 1. The van der Waals surface area contributed by atoms with Crippen molar-refractivity contribution in [3.63, 3.8) is 0 Å². The van der Waals surface area contributed by atoms with Crippen LogP contribution in [-0.4, -0.2) is 74.9 Å². The fourth-order valence-electron chi connectivity index (χ4n) is 6.81. The summed E-state index contributed by atoms with van der Waals surface area (Å²) in [4.78, 5) is 35.3. The predicted molar refractivity (Wildman–Crippen MR) is 243 cm³/mol. The summed E-state index contributed by atoms with van der Waals surface area (Å²) in [5.74, 6) is -1.04. The lowest BCUT2D eigenvalue weighted by Gasteiger charge is -2.24. The Labute approximate surface area is 358 Å². The number of esters is 2. The summed E-state index contributed by atoms with van der Waals surface area (Å²) in [5, 5.41) is 0. The van der Waals surface area contributed by atoms with Crippen LogP contribution in [0.2, 0.25) is 0 Å². The number of ether oxygens (including phenoxy) is 2. The standard InChI is InChI=1S/C48H92NO8P/c1-6-8-10-12-14-16-18-20-22-23-24-25-27-29-31-33-35-37-39-41-48(51)57-46(45-56-58(52,53)55-43-42-49(3,4)5)44-54-47(50)40-38-36-34-32-30-28-26-21-19-17-15-13-11-9-7-2/h34,36,38,40,46H,6-33,35,37,39,41-45H2,1-5H3/p+1/b36-34+,40-38+/t46-/m1/s1. The first-order chi connectivity index (χ1) is 28.0. The number of phosphoric ester groups is 1. The molecule has 0 bridgehead atoms. The molecule has 0 aromatic rings. The van der Waals surface area contributed by atoms with Crippen molar-refractivity contribution < 1.29 is 42.1 Å². The van der Waals surface area contributed by atoms with Crippen LogP contribution in [0, 0.1) is 0 Å². The first-order valence-corrected chi connectivity index (χ1v) is 25.6. The average molecular weight is 843 g/mol. The Morgan fingerprint density at radius 3 is 1.41 bits per heavy atom. The Morgan fingerprint density at radius 2 is 0.983 bits per heavy atom. The van der Waals surface area contributed by atoms with Crippen LogP contribution in [0.3, 0.4) is 0 Å². The van der Waals surface area contributed by atoms with Crippen LogP contribution in [0.25, 0.3) is 0 Å². The highest BCUT2D eigenvalue weighted by Crippen LogP contribution is 2.43. The predicted octanol–water partition coefficient (Wildman–Crippen LogP) is 13.9. The van der Waals surface area contributed by atoms with Gasteiger partial charge in [-0.15, -0.1) is 0 Å². The molecule has 0 aliphatic carbocycles. The number of hydrogen-bond acceptors (Lipinski definition) is 7. The van der Waals surface area contributed by atoms with Crippen molar-refractivity contribution in [3.8, 4) is 0 Å². The monoisotopic (exact) mass is 843 g/mol. The van der Waals surface area contributed by atoms with Crippen molar-refractivity contribution in [3.05, 3.63) is 24.3 Å². The second kappa shape index (κ2) is 40.9. The zero-order valence-electron chi connectivity index (χ0n) is 38.5. The summed E-state index contributed by atoms with van der Waals surface area (Å²) in [5.41, 5.74) is 0. The van der Waals surface area contributed by atoms with E-state index in [4.69, 9.17) is 18.5 Å². The number of phosphoric acid groups is 1. The van der Waals surface area contributed by atoms with E-state index in [-0.39, 0.29) is 19.6 Å². The third-order valence-electron chi connectivity index (χ3n) is 10.6. The van der Waals surface area contributed by atoms with Crippen LogP contribution >= 0.6 is 7.82 Å². The molecule has 0 spiro atoms. The molecule has 58 heavy (non-hydrogen) atoms. The maximum atomic E-state index is 12.7. The molecule has 0 radical (unpaired) electrons. The fraction of sp³-hybridized carbons (Fsp3) is 0.875. The van der Waals surface area contributed by atoms with E-state index in [1.807, 2.05) is 33.3 Å². The molecule has 0 saturated heterocycles. The Hall–Kier alpha value is -1.51. The van der Waals surface area contributed by atoms with Crippen LogP contribution in [0.15, 0.2) is 24.3 Å². The van der Waals surface area contributed by atoms with Gasteiger partial charge in [0, 0.05) is 12.5 Å². The number of quaternary nitrogens is 1. The number of carbonyl (C=O) groups excluding carboxylic acids is 2. The molecule has 342 valence electrons. The maximum absolute atomic E-state index is 12.7. The quantitative estimate of drug-likeness (QED) is 0.0161. The van der Waals surface area contributed by atoms with Gasteiger partial charge in [-0.3, -0.25) is 13.8 Å². The molecule has 0 aromatic carbocycles. The van der Waals surface area contributed by atoms with Gasteiger partial charge >= 0.3 is 19.8 Å². The van der Waals surface area contributed by atoms with Gasteiger partial charge in [0.15, 0.2) is 6.10 Å². The first kappa shape index (κ1) is 56.5. The minimum absolute atomic E-state index is 0.0215. The summed E-state index contributed by atoms with van der Waals surface area (Å²) >= 11 is 0. The van der Waals surface area contributed by atoms with E-state index in [0.29, 0.717) is 17.4 Å². The van der Waals surface area contributed by atoms with Gasteiger partial charge in [0.1, 0.15) is 19.8 Å². The minimum atomic E-state index is -4.39. The number of unbranched alkanes of at least 4 members (excludes halogenated alkanes) is 29. The molecular formula is C48H93NO8P+. The van der Waals surface area contributed by atoms with E-state index in [1.165, 1.54) is 173 Å². The van der Waals surface area contributed by atoms with Crippen LogP contribution in [0.4, 0.5) is 0 Å². The van der Waals surface area contributed by atoms with Crippen molar-refractivity contribution in [2.24, 2.45) is 0 Å². The highest BCUT2D eigenvalue weighted by atomic mass is 31.2. The Morgan fingerprint density at radius 1 is 0.569 bits per heavy atom. The van der Waals surface area contributed by atoms with Gasteiger partial charge in [0.05, 0.1) is 27.7 Å². The van der Waals surface area contributed by atoms with Gasteiger partial charge < -0.3 is 18.9 Å². The lowest BCUT2D eigenvalue weighted by Crippen LogP contribution is -2.37. The molecular weight excluding hydrogens is 750 g/mol. The number of hydrogen-bond donors (Lipinski definition) is 1. The molecule has 0 saturated carbocycles. The maximum Gasteiger partial charge on any atom is 0.472 e. The molecule has 2 atom stereocenters. The van der Waals surface area contributed by atoms with E-state index in [9.17, 15) is 19.0 Å². The summed E-state index contributed by atoms with van der Waals surface area (Å²) in [6, 6.07) is 0.